The van der Waals surface area contributed by atoms with Crippen LogP contribution in [0.5, 0.6) is 0 Å². The third-order valence-electron chi connectivity index (χ3n) is 2.90. The number of hydrogen-bond donors (Lipinski definition) is 3. The highest BCUT2D eigenvalue weighted by atomic mass is 79.9. The number of carboxylic acids is 1. The number of carboxylic acid groups (broad SMARTS) is 1. The van der Waals surface area contributed by atoms with Crippen LogP contribution in [-0.2, 0) is 4.79 Å². The van der Waals surface area contributed by atoms with Gasteiger partial charge in [0, 0.05) is 17.4 Å². The number of halogens is 1. The first-order valence-corrected chi connectivity index (χ1v) is 7.29. The van der Waals surface area contributed by atoms with Gasteiger partial charge in [-0.2, -0.15) is 0 Å². The highest BCUT2D eigenvalue weighted by Gasteiger charge is 2.07. The lowest BCUT2D eigenvalue weighted by Crippen LogP contribution is -2.30. The lowest BCUT2D eigenvalue weighted by atomic mass is 10.0. The second-order valence-corrected chi connectivity index (χ2v) is 5.54. The van der Waals surface area contributed by atoms with Gasteiger partial charge in [-0.3, -0.25) is 4.79 Å². The number of carbonyl (C=O) groups excluding carboxylic acids is 1. The van der Waals surface area contributed by atoms with E-state index >= 15 is 0 Å². The summed E-state index contributed by atoms with van der Waals surface area (Å²) in [4.78, 5) is 22.1. The van der Waals surface area contributed by atoms with Crippen LogP contribution in [0.4, 0.5) is 10.5 Å². The first-order chi connectivity index (χ1) is 9.49. The smallest absolute Gasteiger partial charge is 0.319 e. The second kappa shape index (κ2) is 8.58. The first-order valence-electron chi connectivity index (χ1n) is 6.50. The lowest BCUT2D eigenvalue weighted by molar-refractivity contribution is -0.137. The number of carbonyl (C=O) groups is 2. The Kier molecular flexibility index (Phi) is 7.08. The molecule has 2 amide bonds. The van der Waals surface area contributed by atoms with Crippen LogP contribution in [0.25, 0.3) is 0 Å². The summed E-state index contributed by atoms with van der Waals surface area (Å²) in [5.41, 5.74) is 0.712. The second-order valence-electron chi connectivity index (χ2n) is 4.69. The van der Waals surface area contributed by atoms with Crippen LogP contribution in [0, 0.1) is 5.92 Å². The summed E-state index contributed by atoms with van der Waals surface area (Å²) in [5.74, 6) is -0.508. The largest absolute Gasteiger partial charge is 0.481 e. The average molecular weight is 343 g/mol. The summed E-state index contributed by atoms with van der Waals surface area (Å²) in [5, 5.41) is 14.1. The van der Waals surface area contributed by atoms with Crippen molar-refractivity contribution in [1.82, 2.24) is 5.32 Å². The van der Waals surface area contributed by atoms with Gasteiger partial charge < -0.3 is 15.7 Å². The molecule has 6 heteroatoms. The van der Waals surface area contributed by atoms with Crippen LogP contribution in [-0.4, -0.2) is 23.7 Å². The van der Waals surface area contributed by atoms with Gasteiger partial charge in [0.15, 0.2) is 0 Å². The summed E-state index contributed by atoms with van der Waals surface area (Å²) in [7, 11) is 0. The molecule has 0 aromatic heterocycles. The Morgan fingerprint density at radius 1 is 1.30 bits per heavy atom. The molecular weight excluding hydrogens is 324 g/mol. The number of anilines is 1. The Balaban J connectivity index is 2.24. The van der Waals surface area contributed by atoms with Gasteiger partial charge in [0.1, 0.15) is 0 Å². The minimum absolute atomic E-state index is 0.171. The molecule has 0 radical (unpaired) electrons. The van der Waals surface area contributed by atoms with Crippen LogP contribution in [0.3, 0.4) is 0 Å². The highest BCUT2D eigenvalue weighted by molar-refractivity contribution is 9.10. The Hall–Kier alpha value is -1.56. The number of para-hydroxylation sites is 1. The minimum Gasteiger partial charge on any atom is -0.481 e. The summed E-state index contributed by atoms with van der Waals surface area (Å²) >= 11 is 3.35. The molecule has 1 atom stereocenters. The first kappa shape index (κ1) is 16.5. The molecule has 0 saturated heterocycles. The molecule has 0 saturated carbocycles. The zero-order valence-corrected chi connectivity index (χ0v) is 12.9. The molecule has 110 valence electrons. The van der Waals surface area contributed by atoms with E-state index in [-0.39, 0.29) is 18.4 Å². The van der Waals surface area contributed by atoms with E-state index in [0.29, 0.717) is 18.7 Å². The van der Waals surface area contributed by atoms with Crippen LogP contribution in [0.2, 0.25) is 0 Å². The van der Waals surface area contributed by atoms with E-state index in [4.69, 9.17) is 5.11 Å². The SMILES string of the molecule is CC(CCNC(=O)Nc1ccccc1Br)CCC(=O)O. The fourth-order valence-electron chi connectivity index (χ4n) is 1.68. The van der Waals surface area contributed by atoms with Crippen molar-refractivity contribution in [1.29, 1.82) is 0 Å². The molecular formula is C14H19BrN2O3. The van der Waals surface area contributed by atoms with E-state index < -0.39 is 5.97 Å². The normalized spacial score (nSPS) is 11.7. The van der Waals surface area contributed by atoms with Gasteiger partial charge in [0.05, 0.1) is 5.69 Å². The molecule has 0 heterocycles. The summed E-state index contributed by atoms with van der Waals surface area (Å²) in [6.07, 6.45) is 1.56. The quantitative estimate of drug-likeness (QED) is 0.709. The zero-order chi connectivity index (χ0) is 15.0. The van der Waals surface area contributed by atoms with Crippen molar-refractivity contribution in [3.8, 4) is 0 Å². The van der Waals surface area contributed by atoms with Gasteiger partial charge in [-0.15, -0.1) is 0 Å². The molecule has 0 aliphatic heterocycles. The molecule has 20 heavy (non-hydrogen) atoms. The summed E-state index contributed by atoms with van der Waals surface area (Å²) < 4.78 is 0.824. The van der Waals surface area contributed by atoms with E-state index in [1.165, 1.54) is 0 Å². The van der Waals surface area contributed by atoms with Crippen molar-refractivity contribution in [2.75, 3.05) is 11.9 Å². The number of amides is 2. The Morgan fingerprint density at radius 3 is 2.65 bits per heavy atom. The molecule has 1 unspecified atom stereocenters. The number of aliphatic carboxylic acids is 1. The van der Waals surface area contributed by atoms with Gasteiger partial charge in [0.2, 0.25) is 0 Å². The van der Waals surface area contributed by atoms with E-state index in [2.05, 4.69) is 26.6 Å². The number of urea groups is 1. The Labute approximate surface area is 126 Å². The molecule has 5 nitrogen and oxygen atoms in total. The van der Waals surface area contributed by atoms with Crippen LogP contribution < -0.4 is 10.6 Å². The monoisotopic (exact) mass is 342 g/mol. The molecule has 3 N–H and O–H groups in total. The fraction of sp³-hybridized carbons (Fsp3) is 0.429. The van der Waals surface area contributed by atoms with Gasteiger partial charge in [-0.25, -0.2) is 4.79 Å². The number of benzene rings is 1. The third-order valence-corrected chi connectivity index (χ3v) is 3.59. The maximum atomic E-state index is 11.7. The Morgan fingerprint density at radius 2 is 2.00 bits per heavy atom. The topological polar surface area (TPSA) is 78.4 Å². The van der Waals surface area contributed by atoms with Gasteiger partial charge in [0.25, 0.3) is 0 Å². The van der Waals surface area contributed by atoms with Gasteiger partial charge >= 0.3 is 12.0 Å². The standard InChI is InChI=1S/C14H19BrN2O3/c1-10(6-7-13(18)19)8-9-16-14(20)17-12-5-3-2-4-11(12)15/h2-5,10H,6-9H2,1H3,(H,18,19)(H2,16,17,20). The fourth-order valence-corrected chi connectivity index (χ4v) is 2.06. The maximum absolute atomic E-state index is 11.7. The lowest BCUT2D eigenvalue weighted by Gasteiger charge is -2.12. The average Bonchev–Trinajstić information content (AvgIpc) is 2.39. The predicted octanol–water partition coefficient (Wildman–Crippen LogP) is 3.46. The van der Waals surface area contributed by atoms with Crippen molar-refractivity contribution in [3.63, 3.8) is 0 Å². The molecule has 1 aromatic rings. The highest BCUT2D eigenvalue weighted by Crippen LogP contribution is 2.20. The van der Waals surface area contributed by atoms with Crippen LogP contribution in [0.1, 0.15) is 26.2 Å². The number of hydrogen-bond acceptors (Lipinski definition) is 2. The van der Waals surface area contributed by atoms with E-state index in [9.17, 15) is 9.59 Å². The molecule has 0 bridgehead atoms. The Bertz CT molecular complexity index is 465. The van der Waals surface area contributed by atoms with Crippen molar-refractivity contribution >= 4 is 33.6 Å². The minimum atomic E-state index is -0.781. The molecule has 0 aliphatic rings. The number of nitrogens with one attached hydrogen (secondary N) is 2. The van der Waals surface area contributed by atoms with Crippen LogP contribution >= 0.6 is 15.9 Å². The van der Waals surface area contributed by atoms with E-state index in [0.717, 1.165) is 10.9 Å². The van der Waals surface area contributed by atoms with Crippen molar-refractivity contribution in [2.45, 2.75) is 26.2 Å². The van der Waals surface area contributed by atoms with E-state index in [1.807, 2.05) is 25.1 Å². The summed E-state index contributed by atoms with van der Waals surface area (Å²) in [6, 6.07) is 7.11. The molecule has 1 aromatic carbocycles. The molecule has 0 fully saturated rings. The zero-order valence-electron chi connectivity index (χ0n) is 11.4. The summed E-state index contributed by atoms with van der Waals surface area (Å²) in [6.45, 7) is 2.51. The van der Waals surface area contributed by atoms with Crippen molar-refractivity contribution in [3.05, 3.63) is 28.7 Å². The van der Waals surface area contributed by atoms with Gasteiger partial charge in [-0.05, 0) is 46.8 Å². The van der Waals surface area contributed by atoms with Crippen LogP contribution in [0.15, 0.2) is 28.7 Å². The van der Waals surface area contributed by atoms with Gasteiger partial charge in [-0.1, -0.05) is 19.1 Å². The van der Waals surface area contributed by atoms with E-state index in [1.54, 1.807) is 6.07 Å². The third kappa shape index (κ3) is 6.56. The van der Waals surface area contributed by atoms with Crippen molar-refractivity contribution in [2.24, 2.45) is 5.92 Å². The molecule has 0 aliphatic carbocycles. The predicted molar refractivity (Wildman–Crippen MR) is 81.8 cm³/mol. The van der Waals surface area contributed by atoms with Crippen molar-refractivity contribution < 1.29 is 14.7 Å². The molecule has 1 rings (SSSR count). The molecule has 0 spiro atoms. The maximum Gasteiger partial charge on any atom is 0.319 e. The number of rotatable bonds is 7.